The van der Waals surface area contributed by atoms with Crippen molar-refractivity contribution in [3.05, 3.63) is 46.5 Å². The van der Waals surface area contributed by atoms with Crippen LogP contribution in [0.5, 0.6) is 0 Å². The summed E-state index contributed by atoms with van der Waals surface area (Å²) in [5, 5.41) is 5.14. The predicted octanol–water partition coefficient (Wildman–Crippen LogP) is 3.16. The summed E-state index contributed by atoms with van der Waals surface area (Å²) in [5.41, 5.74) is -0.112. The van der Waals surface area contributed by atoms with Gasteiger partial charge in [0.1, 0.15) is 5.76 Å². The van der Waals surface area contributed by atoms with Gasteiger partial charge in [-0.25, -0.2) is 4.79 Å². The minimum Gasteiger partial charge on any atom is -0.467 e. The molecule has 2 aromatic rings. The molecule has 1 saturated heterocycles. The van der Waals surface area contributed by atoms with Crippen molar-refractivity contribution < 1.29 is 13.9 Å². The Morgan fingerprint density at radius 3 is 2.73 bits per heavy atom. The Labute approximate surface area is 158 Å². The van der Waals surface area contributed by atoms with Crippen molar-refractivity contribution in [1.82, 2.24) is 15.1 Å². The molecule has 142 valence electrons. The summed E-state index contributed by atoms with van der Waals surface area (Å²) in [4.78, 5) is 18.2. The number of hydrogen-bond donors (Lipinski definition) is 1. The number of urea groups is 1. The van der Waals surface area contributed by atoms with E-state index in [1.165, 1.54) is 0 Å². The van der Waals surface area contributed by atoms with Crippen LogP contribution < -0.4 is 5.32 Å². The Hall–Kier alpha value is -1.83. The molecule has 3 rings (SSSR count). The van der Waals surface area contributed by atoms with Crippen LogP contribution in [0.15, 0.2) is 40.3 Å². The van der Waals surface area contributed by atoms with E-state index in [0.717, 1.165) is 36.9 Å². The van der Waals surface area contributed by atoms with E-state index < -0.39 is 0 Å². The standard InChI is InChI=1S/C19H27N3O3S/c1-19(2,22-7-10-24-11-8-22)15-20-18(23)21(13-16-5-3-9-25-16)14-17-6-4-12-26-17/h3-6,9,12H,7-8,10-11,13-15H2,1-2H3,(H,20,23). The van der Waals surface area contributed by atoms with Gasteiger partial charge in [-0.3, -0.25) is 4.90 Å². The largest absolute Gasteiger partial charge is 0.467 e. The third-order valence-corrected chi connectivity index (χ3v) is 5.54. The fourth-order valence-corrected chi connectivity index (χ4v) is 3.78. The maximum Gasteiger partial charge on any atom is 0.318 e. The third-order valence-electron chi connectivity index (χ3n) is 4.68. The monoisotopic (exact) mass is 377 g/mol. The van der Waals surface area contributed by atoms with Gasteiger partial charge < -0.3 is 19.4 Å². The number of rotatable bonds is 7. The average molecular weight is 378 g/mol. The maximum atomic E-state index is 12.9. The van der Waals surface area contributed by atoms with E-state index in [-0.39, 0.29) is 11.6 Å². The van der Waals surface area contributed by atoms with Gasteiger partial charge >= 0.3 is 6.03 Å². The van der Waals surface area contributed by atoms with Gasteiger partial charge in [0.05, 0.1) is 32.6 Å². The molecule has 26 heavy (non-hydrogen) atoms. The van der Waals surface area contributed by atoms with Crippen LogP contribution in [0.25, 0.3) is 0 Å². The topological polar surface area (TPSA) is 58.0 Å². The van der Waals surface area contributed by atoms with Gasteiger partial charge in [0.2, 0.25) is 0 Å². The number of carbonyl (C=O) groups is 1. The molecule has 7 heteroatoms. The summed E-state index contributed by atoms with van der Waals surface area (Å²) >= 11 is 1.65. The van der Waals surface area contributed by atoms with Gasteiger partial charge in [-0.15, -0.1) is 11.3 Å². The van der Waals surface area contributed by atoms with Crippen LogP contribution in [0.2, 0.25) is 0 Å². The number of thiophene rings is 1. The van der Waals surface area contributed by atoms with Crippen LogP contribution in [0, 0.1) is 0 Å². The first-order valence-electron chi connectivity index (χ1n) is 8.95. The highest BCUT2D eigenvalue weighted by molar-refractivity contribution is 7.09. The van der Waals surface area contributed by atoms with Gasteiger partial charge in [-0.05, 0) is 37.4 Å². The molecule has 0 spiro atoms. The van der Waals surface area contributed by atoms with Gasteiger partial charge in [0, 0.05) is 30.1 Å². The van der Waals surface area contributed by atoms with E-state index in [9.17, 15) is 4.79 Å². The molecule has 0 aliphatic carbocycles. The van der Waals surface area contributed by atoms with Crippen molar-refractivity contribution >= 4 is 17.4 Å². The van der Waals surface area contributed by atoms with E-state index in [0.29, 0.717) is 19.6 Å². The molecule has 6 nitrogen and oxygen atoms in total. The lowest BCUT2D eigenvalue weighted by atomic mass is 10.0. The molecular formula is C19H27N3O3S. The van der Waals surface area contributed by atoms with Gasteiger partial charge in [0.15, 0.2) is 0 Å². The summed E-state index contributed by atoms with van der Waals surface area (Å²) in [6.07, 6.45) is 1.64. The van der Waals surface area contributed by atoms with Gasteiger partial charge in [0.25, 0.3) is 0 Å². The summed E-state index contributed by atoms with van der Waals surface area (Å²) < 4.78 is 10.9. The number of nitrogens with one attached hydrogen (secondary N) is 1. The number of furan rings is 1. The summed E-state index contributed by atoms with van der Waals surface area (Å²) in [6, 6.07) is 7.72. The lowest BCUT2D eigenvalue weighted by Crippen LogP contribution is -2.56. The molecule has 0 aromatic carbocycles. The third kappa shape index (κ3) is 5.09. The SMILES string of the molecule is CC(C)(CNC(=O)N(Cc1ccco1)Cc1cccs1)N1CCOCC1. The van der Waals surface area contributed by atoms with Gasteiger partial charge in [-0.1, -0.05) is 6.07 Å². The second-order valence-electron chi connectivity index (χ2n) is 7.09. The Kier molecular flexibility index (Phi) is 6.34. The van der Waals surface area contributed by atoms with E-state index in [1.807, 2.05) is 29.6 Å². The van der Waals surface area contributed by atoms with Crippen molar-refractivity contribution in [2.75, 3.05) is 32.8 Å². The molecule has 1 aliphatic heterocycles. The first kappa shape index (κ1) is 18.9. The number of hydrogen-bond acceptors (Lipinski definition) is 5. The summed E-state index contributed by atoms with van der Waals surface area (Å²) in [6.45, 7) is 9.23. The lowest BCUT2D eigenvalue weighted by molar-refractivity contribution is -0.00910. The Balaban J connectivity index is 1.60. The summed E-state index contributed by atoms with van der Waals surface area (Å²) in [5.74, 6) is 0.782. The van der Waals surface area contributed by atoms with Crippen molar-refractivity contribution in [2.45, 2.75) is 32.5 Å². The highest BCUT2D eigenvalue weighted by atomic mass is 32.1. The van der Waals surface area contributed by atoms with Crippen LogP contribution in [-0.4, -0.2) is 54.2 Å². The fourth-order valence-electron chi connectivity index (χ4n) is 3.07. The van der Waals surface area contributed by atoms with Crippen LogP contribution in [0.4, 0.5) is 4.79 Å². The normalized spacial score (nSPS) is 15.8. The van der Waals surface area contributed by atoms with Crippen molar-refractivity contribution in [2.24, 2.45) is 0 Å². The molecule has 0 radical (unpaired) electrons. The molecular weight excluding hydrogens is 350 g/mol. The zero-order chi connectivity index (χ0) is 18.4. The molecule has 3 heterocycles. The van der Waals surface area contributed by atoms with Crippen molar-refractivity contribution in [3.8, 4) is 0 Å². The molecule has 2 amide bonds. The zero-order valence-electron chi connectivity index (χ0n) is 15.4. The first-order chi connectivity index (χ1) is 12.5. The van der Waals surface area contributed by atoms with Crippen LogP contribution in [-0.2, 0) is 17.8 Å². The number of ether oxygens (including phenoxy) is 1. The molecule has 1 aliphatic rings. The van der Waals surface area contributed by atoms with E-state index >= 15 is 0 Å². The van der Waals surface area contributed by atoms with Crippen molar-refractivity contribution in [1.29, 1.82) is 0 Å². The zero-order valence-corrected chi connectivity index (χ0v) is 16.3. The molecule has 0 saturated carbocycles. The molecule has 1 fully saturated rings. The highest BCUT2D eigenvalue weighted by Gasteiger charge is 2.29. The number of morpholine rings is 1. The smallest absolute Gasteiger partial charge is 0.318 e. The van der Waals surface area contributed by atoms with E-state index in [4.69, 9.17) is 9.15 Å². The number of amides is 2. The molecule has 0 atom stereocenters. The minimum absolute atomic E-state index is 0.0730. The maximum absolute atomic E-state index is 12.9. The van der Waals surface area contributed by atoms with E-state index in [2.05, 4.69) is 24.1 Å². The second-order valence-corrected chi connectivity index (χ2v) is 8.12. The van der Waals surface area contributed by atoms with Crippen LogP contribution in [0.3, 0.4) is 0 Å². The van der Waals surface area contributed by atoms with Crippen LogP contribution >= 0.6 is 11.3 Å². The minimum atomic E-state index is -0.112. The predicted molar refractivity (Wildman–Crippen MR) is 102 cm³/mol. The Bertz CT molecular complexity index is 628. The number of carbonyl (C=O) groups excluding carboxylic acids is 1. The first-order valence-corrected chi connectivity index (χ1v) is 9.83. The molecule has 1 N–H and O–H groups in total. The van der Waals surface area contributed by atoms with Crippen LogP contribution in [0.1, 0.15) is 24.5 Å². The average Bonchev–Trinajstić information content (AvgIpc) is 3.34. The Morgan fingerprint density at radius 1 is 1.27 bits per heavy atom. The fraction of sp³-hybridized carbons (Fsp3) is 0.526. The molecule has 0 unspecified atom stereocenters. The summed E-state index contributed by atoms with van der Waals surface area (Å²) in [7, 11) is 0. The quantitative estimate of drug-likeness (QED) is 0.805. The lowest BCUT2D eigenvalue weighted by Gasteiger charge is -2.41. The van der Waals surface area contributed by atoms with Gasteiger partial charge in [-0.2, -0.15) is 0 Å². The molecule has 0 bridgehead atoms. The van der Waals surface area contributed by atoms with Crippen molar-refractivity contribution in [3.63, 3.8) is 0 Å². The Morgan fingerprint density at radius 2 is 2.08 bits per heavy atom. The second kappa shape index (κ2) is 8.70. The number of nitrogens with zero attached hydrogens (tertiary/aromatic N) is 2. The highest BCUT2D eigenvalue weighted by Crippen LogP contribution is 2.17. The van der Waals surface area contributed by atoms with E-state index in [1.54, 1.807) is 22.5 Å². The molecule has 2 aromatic heterocycles.